The molecule has 0 aliphatic rings. The molecule has 1 N–H and O–H groups in total. The van der Waals surface area contributed by atoms with E-state index in [0.29, 0.717) is 5.56 Å². The van der Waals surface area contributed by atoms with Crippen molar-refractivity contribution in [2.24, 2.45) is 0 Å². The molecule has 0 unspecified atom stereocenters. The smallest absolute Gasteiger partial charge is 0.355 e. The molecule has 7 nitrogen and oxygen atoms in total. The second kappa shape index (κ2) is 7.41. The lowest BCUT2D eigenvalue weighted by molar-refractivity contribution is -0.285. The summed E-state index contributed by atoms with van der Waals surface area (Å²) < 4.78 is 6.08. The number of esters is 1. The number of hydrogen-bond donors (Lipinski definition) is 1. The summed E-state index contributed by atoms with van der Waals surface area (Å²) in [4.78, 5) is 34.1. The molecule has 2 aromatic rings. The van der Waals surface area contributed by atoms with E-state index in [1.165, 1.54) is 19.2 Å². The molecule has 0 bridgehead atoms. The molecule has 0 saturated heterocycles. The minimum Gasteiger partial charge on any atom is -0.465 e. The Hall–Kier alpha value is -2.87. The first-order chi connectivity index (χ1) is 11.0. The van der Waals surface area contributed by atoms with E-state index in [1.807, 2.05) is 30.3 Å². The highest BCUT2D eigenvalue weighted by atomic mass is 32.2. The Bertz CT molecular complexity index is 749. The van der Waals surface area contributed by atoms with E-state index in [2.05, 4.69) is 4.72 Å². The van der Waals surface area contributed by atoms with Crippen LogP contribution in [0.5, 0.6) is 0 Å². The first-order valence-corrected chi connectivity index (χ1v) is 7.19. The van der Waals surface area contributed by atoms with Crippen molar-refractivity contribution in [1.29, 1.82) is 0 Å². The molecule has 8 heteroatoms. The largest absolute Gasteiger partial charge is 0.465 e. The number of nitrogens with one attached hydrogen (secondary N) is 1. The summed E-state index contributed by atoms with van der Waals surface area (Å²) in [6.45, 7) is 0. The summed E-state index contributed by atoms with van der Waals surface area (Å²) in [5.41, 5.74) is 1.73. The van der Waals surface area contributed by atoms with Gasteiger partial charge in [-0.2, -0.15) is 0 Å². The third-order valence-corrected chi connectivity index (χ3v) is 3.41. The summed E-state index contributed by atoms with van der Waals surface area (Å²) in [6, 6.07) is 13.6. The standard InChI is InChI=1S/C15H12N2O5S/c1-22-15(19)13-9-11(14(18)16-23-17(20)21)7-8-12(13)10-5-3-2-4-6-10/h2-9H,1H3,(H,16,18). The average molecular weight is 332 g/mol. The van der Waals surface area contributed by atoms with Crippen molar-refractivity contribution < 1.29 is 18.7 Å². The molecule has 0 radical (unpaired) electrons. The number of hydrogen-bond acceptors (Lipinski definition) is 6. The van der Waals surface area contributed by atoms with Crippen molar-refractivity contribution in [3.05, 3.63) is 69.8 Å². The predicted octanol–water partition coefficient (Wildman–Crippen LogP) is 2.71. The van der Waals surface area contributed by atoms with Crippen LogP contribution in [0.25, 0.3) is 11.1 Å². The highest BCUT2D eigenvalue weighted by Crippen LogP contribution is 2.25. The Morgan fingerprint density at radius 1 is 1.17 bits per heavy atom. The first kappa shape index (κ1) is 16.5. The van der Waals surface area contributed by atoms with Crippen LogP contribution in [0.3, 0.4) is 0 Å². The van der Waals surface area contributed by atoms with Crippen LogP contribution < -0.4 is 4.72 Å². The number of methoxy groups -OCH3 is 1. The third-order valence-electron chi connectivity index (χ3n) is 2.98. The maximum atomic E-state index is 12.0. The molecular weight excluding hydrogens is 320 g/mol. The molecule has 0 aromatic heterocycles. The normalized spacial score (nSPS) is 9.96. The van der Waals surface area contributed by atoms with Crippen molar-refractivity contribution >= 4 is 24.0 Å². The molecule has 23 heavy (non-hydrogen) atoms. The second-order valence-electron chi connectivity index (χ2n) is 4.36. The number of ether oxygens (including phenoxy) is 1. The van der Waals surface area contributed by atoms with Gasteiger partial charge in [0.05, 0.1) is 12.7 Å². The molecule has 118 valence electrons. The Balaban J connectivity index is 2.41. The molecule has 2 rings (SSSR count). The zero-order valence-electron chi connectivity index (χ0n) is 12.0. The van der Waals surface area contributed by atoms with E-state index < -0.39 is 16.2 Å². The minimum atomic E-state index is -0.739. The summed E-state index contributed by atoms with van der Waals surface area (Å²) in [6.07, 6.45) is 0. The summed E-state index contributed by atoms with van der Waals surface area (Å²) >= 11 is 0.0613. The Labute approximate surface area is 136 Å². The van der Waals surface area contributed by atoms with Gasteiger partial charge in [-0.3, -0.25) is 4.79 Å². The van der Waals surface area contributed by atoms with E-state index in [1.54, 1.807) is 6.07 Å². The van der Waals surface area contributed by atoms with Crippen molar-refractivity contribution in [3.8, 4) is 11.1 Å². The van der Waals surface area contributed by atoms with Crippen LogP contribution in [0.2, 0.25) is 0 Å². The minimum absolute atomic E-state index is 0.0613. The Morgan fingerprint density at radius 3 is 2.48 bits per heavy atom. The monoisotopic (exact) mass is 332 g/mol. The van der Waals surface area contributed by atoms with Crippen LogP contribution in [-0.2, 0) is 4.74 Å². The number of benzene rings is 2. The molecule has 1 amide bonds. The molecule has 0 fully saturated rings. The third kappa shape index (κ3) is 4.07. The molecule has 0 aliphatic heterocycles. The molecule has 2 aromatic carbocycles. The predicted molar refractivity (Wildman–Crippen MR) is 85.3 cm³/mol. The second-order valence-corrected chi connectivity index (χ2v) is 5.05. The highest BCUT2D eigenvalue weighted by molar-refractivity contribution is 7.91. The van der Waals surface area contributed by atoms with Crippen molar-refractivity contribution in [3.63, 3.8) is 0 Å². The lowest BCUT2D eigenvalue weighted by Gasteiger charge is -2.10. The van der Waals surface area contributed by atoms with E-state index in [4.69, 9.17) is 4.74 Å². The zero-order valence-corrected chi connectivity index (χ0v) is 12.8. The van der Waals surface area contributed by atoms with Crippen molar-refractivity contribution in [2.75, 3.05) is 7.11 Å². The summed E-state index contributed by atoms with van der Waals surface area (Å²) in [5, 5.41) is 10.3. The summed E-state index contributed by atoms with van der Waals surface area (Å²) in [7, 11) is 1.24. The molecule has 0 aliphatic carbocycles. The van der Waals surface area contributed by atoms with E-state index in [9.17, 15) is 19.7 Å². The quantitative estimate of drug-likeness (QED) is 0.391. The number of nitrogens with zero attached hydrogens (tertiary/aromatic N) is 1. The van der Waals surface area contributed by atoms with Gasteiger partial charge in [-0.05, 0) is 23.3 Å². The maximum Gasteiger partial charge on any atom is 0.355 e. The molecule has 0 atom stereocenters. The van der Waals surface area contributed by atoms with Crippen LogP contribution >= 0.6 is 12.1 Å². The fourth-order valence-corrected chi connectivity index (χ4v) is 2.25. The highest BCUT2D eigenvalue weighted by Gasteiger charge is 2.18. The topological polar surface area (TPSA) is 98.5 Å². The van der Waals surface area contributed by atoms with Gasteiger partial charge in [0.2, 0.25) is 0 Å². The van der Waals surface area contributed by atoms with E-state index >= 15 is 0 Å². The average Bonchev–Trinajstić information content (AvgIpc) is 2.59. The number of carbonyl (C=O) groups excluding carboxylic acids is 2. The molecular formula is C15H12N2O5S. The first-order valence-electron chi connectivity index (χ1n) is 6.42. The van der Waals surface area contributed by atoms with Crippen LogP contribution in [0.1, 0.15) is 20.7 Å². The Morgan fingerprint density at radius 2 is 1.87 bits per heavy atom. The van der Waals surface area contributed by atoms with Gasteiger partial charge in [0, 0.05) is 5.56 Å². The SMILES string of the molecule is COC(=O)c1cc(C(=O)NS[N+](=O)[O-])ccc1-c1ccccc1. The molecule has 0 saturated carbocycles. The molecule has 0 heterocycles. The number of rotatable bonds is 5. The van der Waals surface area contributed by atoms with Crippen LogP contribution in [0.4, 0.5) is 0 Å². The van der Waals surface area contributed by atoms with Crippen LogP contribution in [0, 0.1) is 10.1 Å². The maximum absolute atomic E-state index is 12.0. The van der Waals surface area contributed by atoms with Gasteiger partial charge in [0.25, 0.3) is 5.91 Å². The van der Waals surface area contributed by atoms with Crippen molar-refractivity contribution in [1.82, 2.24) is 4.72 Å². The van der Waals surface area contributed by atoms with E-state index in [-0.39, 0.29) is 23.3 Å². The lowest BCUT2D eigenvalue weighted by atomic mass is 9.97. The van der Waals surface area contributed by atoms with Crippen LogP contribution in [-0.4, -0.2) is 23.3 Å². The van der Waals surface area contributed by atoms with Crippen molar-refractivity contribution in [2.45, 2.75) is 0 Å². The van der Waals surface area contributed by atoms with Crippen LogP contribution in [0.15, 0.2) is 48.5 Å². The fraction of sp³-hybridized carbons (Fsp3) is 0.0667. The van der Waals surface area contributed by atoms with Gasteiger partial charge >= 0.3 is 18.1 Å². The van der Waals surface area contributed by atoms with Gasteiger partial charge < -0.3 is 4.74 Å². The number of amides is 1. The van der Waals surface area contributed by atoms with Gasteiger partial charge in [0.1, 0.15) is 4.33 Å². The molecule has 0 spiro atoms. The summed E-state index contributed by atoms with van der Waals surface area (Å²) in [5.74, 6) is -1.27. The fourth-order valence-electron chi connectivity index (χ4n) is 1.97. The van der Waals surface area contributed by atoms with Gasteiger partial charge in [-0.15, -0.1) is 0 Å². The lowest BCUT2D eigenvalue weighted by Crippen LogP contribution is -2.18. The zero-order chi connectivity index (χ0) is 16.8. The number of carbonyl (C=O) groups is 2. The van der Waals surface area contributed by atoms with E-state index in [0.717, 1.165) is 5.56 Å². The van der Waals surface area contributed by atoms with Gasteiger partial charge in [-0.1, -0.05) is 36.4 Å². The number of nitro groups is 1. The Kier molecular flexibility index (Phi) is 5.32. The van der Waals surface area contributed by atoms with Gasteiger partial charge in [-0.25, -0.2) is 19.6 Å². The van der Waals surface area contributed by atoms with Gasteiger partial charge in [0.15, 0.2) is 0 Å².